The van der Waals surface area contributed by atoms with E-state index in [2.05, 4.69) is 10.4 Å². The summed E-state index contributed by atoms with van der Waals surface area (Å²) in [5.41, 5.74) is 0.779. The number of aromatic nitrogens is 2. The van der Waals surface area contributed by atoms with Crippen LogP contribution in [0.25, 0.3) is 0 Å². The van der Waals surface area contributed by atoms with E-state index in [0.29, 0.717) is 26.3 Å². The molecule has 0 saturated carbocycles. The zero-order valence-corrected chi connectivity index (χ0v) is 11.2. The monoisotopic (exact) mass is 277 g/mol. The fraction of sp³-hybridized carbons (Fsp3) is 0.700. The van der Waals surface area contributed by atoms with Gasteiger partial charge in [-0.3, -0.25) is 4.68 Å². The quantitative estimate of drug-likeness (QED) is 0.583. The summed E-state index contributed by atoms with van der Waals surface area (Å²) in [6.07, 6.45) is 4.62. The van der Waals surface area contributed by atoms with Crippen LogP contribution in [0.4, 0.5) is 5.69 Å². The Morgan fingerprint density at radius 1 is 1.50 bits per heavy atom. The molecule has 104 valence electrons. The molecule has 0 atom stereocenters. The van der Waals surface area contributed by atoms with Crippen molar-refractivity contribution in [1.82, 2.24) is 9.78 Å². The van der Waals surface area contributed by atoms with Gasteiger partial charge in [0.2, 0.25) is 0 Å². The second kappa shape index (κ2) is 7.34. The largest absolute Gasteiger partial charge is 0.394 e. The molecule has 0 fully saturated rings. The van der Waals surface area contributed by atoms with Gasteiger partial charge in [0.05, 0.1) is 44.0 Å². The van der Waals surface area contributed by atoms with Gasteiger partial charge in [0.15, 0.2) is 0 Å². The van der Waals surface area contributed by atoms with Crippen LogP contribution in [0.5, 0.6) is 0 Å². The fourth-order valence-electron chi connectivity index (χ4n) is 1.28. The standard InChI is InChI=1S/C10H19N3O4S/c1-18(15,16)7-2-11-10-8-12-13(9-10)3-5-17-6-4-14/h8-9,11,14H,2-7H2,1H3. The van der Waals surface area contributed by atoms with Gasteiger partial charge in [0, 0.05) is 19.0 Å². The van der Waals surface area contributed by atoms with Gasteiger partial charge in [-0.1, -0.05) is 0 Å². The van der Waals surface area contributed by atoms with E-state index in [1.54, 1.807) is 17.1 Å². The molecule has 0 saturated heterocycles. The summed E-state index contributed by atoms with van der Waals surface area (Å²) < 4.78 is 28.7. The Labute approximate surface area is 107 Å². The first-order valence-corrected chi connectivity index (χ1v) is 7.70. The summed E-state index contributed by atoms with van der Waals surface area (Å²) in [5, 5.41) is 15.6. The van der Waals surface area contributed by atoms with Crippen LogP contribution in [-0.4, -0.2) is 61.7 Å². The predicted molar refractivity (Wildman–Crippen MR) is 68.3 cm³/mol. The Morgan fingerprint density at radius 2 is 2.28 bits per heavy atom. The maximum Gasteiger partial charge on any atom is 0.149 e. The molecule has 18 heavy (non-hydrogen) atoms. The molecule has 0 radical (unpaired) electrons. The van der Waals surface area contributed by atoms with Crippen LogP contribution < -0.4 is 5.32 Å². The number of sulfone groups is 1. The van der Waals surface area contributed by atoms with E-state index >= 15 is 0 Å². The number of nitrogens with one attached hydrogen (secondary N) is 1. The molecule has 7 nitrogen and oxygen atoms in total. The highest BCUT2D eigenvalue weighted by atomic mass is 32.2. The van der Waals surface area contributed by atoms with E-state index < -0.39 is 9.84 Å². The van der Waals surface area contributed by atoms with E-state index in [1.165, 1.54) is 6.26 Å². The molecule has 1 heterocycles. The number of rotatable bonds is 9. The minimum Gasteiger partial charge on any atom is -0.394 e. The summed E-state index contributed by atoms with van der Waals surface area (Å²) in [6, 6.07) is 0. The fourth-order valence-corrected chi connectivity index (χ4v) is 1.76. The van der Waals surface area contributed by atoms with Crippen molar-refractivity contribution in [3.05, 3.63) is 12.4 Å². The smallest absolute Gasteiger partial charge is 0.149 e. The van der Waals surface area contributed by atoms with Gasteiger partial charge in [-0.25, -0.2) is 8.42 Å². The lowest BCUT2D eigenvalue weighted by Crippen LogP contribution is -2.13. The predicted octanol–water partition coefficient (Wildman–Crippen LogP) is -0.651. The lowest BCUT2D eigenvalue weighted by atomic mass is 10.5. The third-order valence-electron chi connectivity index (χ3n) is 2.14. The van der Waals surface area contributed by atoms with E-state index in [4.69, 9.17) is 9.84 Å². The summed E-state index contributed by atoms with van der Waals surface area (Å²) in [7, 11) is -2.94. The third kappa shape index (κ3) is 6.58. The number of aliphatic hydroxyl groups is 1. The number of anilines is 1. The minimum absolute atomic E-state index is 0.0113. The van der Waals surface area contributed by atoms with Crippen LogP contribution >= 0.6 is 0 Å². The Morgan fingerprint density at radius 3 is 2.94 bits per heavy atom. The van der Waals surface area contributed by atoms with Crippen LogP contribution in [0.3, 0.4) is 0 Å². The van der Waals surface area contributed by atoms with Gasteiger partial charge in [0.1, 0.15) is 9.84 Å². The number of hydrogen-bond acceptors (Lipinski definition) is 6. The SMILES string of the molecule is CS(=O)(=O)CCNc1cnn(CCOCCO)c1. The summed E-state index contributed by atoms with van der Waals surface area (Å²) in [6.45, 7) is 1.77. The molecule has 0 unspecified atom stereocenters. The molecule has 0 aliphatic carbocycles. The Bertz CT molecular complexity index is 444. The molecule has 1 rings (SSSR count). The first-order chi connectivity index (χ1) is 8.51. The van der Waals surface area contributed by atoms with Crippen LogP contribution in [0, 0.1) is 0 Å². The van der Waals surface area contributed by atoms with Crippen LogP contribution in [0.1, 0.15) is 0 Å². The molecule has 0 aromatic carbocycles. The average Bonchev–Trinajstić information content (AvgIpc) is 2.71. The van der Waals surface area contributed by atoms with Crippen molar-refractivity contribution in [3.8, 4) is 0 Å². The van der Waals surface area contributed by atoms with Crippen molar-refractivity contribution in [2.45, 2.75) is 6.54 Å². The molecule has 2 N–H and O–H groups in total. The molecule has 0 aliphatic rings. The first-order valence-electron chi connectivity index (χ1n) is 5.64. The molecular formula is C10H19N3O4S. The second-order valence-electron chi connectivity index (χ2n) is 3.88. The maximum absolute atomic E-state index is 10.9. The molecule has 8 heteroatoms. The highest BCUT2D eigenvalue weighted by Crippen LogP contribution is 2.04. The molecule has 0 bridgehead atoms. The van der Waals surface area contributed by atoms with Crippen LogP contribution in [0.15, 0.2) is 12.4 Å². The molecule has 1 aromatic rings. The summed E-state index contributed by atoms with van der Waals surface area (Å²) >= 11 is 0. The van der Waals surface area contributed by atoms with E-state index in [-0.39, 0.29) is 12.4 Å². The number of hydrogen-bond donors (Lipinski definition) is 2. The van der Waals surface area contributed by atoms with Crippen molar-refractivity contribution < 1.29 is 18.3 Å². The van der Waals surface area contributed by atoms with Crippen molar-refractivity contribution in [2.24, 2.45) is 0 Å². The Hall–Kier alpha value is -1.12. The van der Waals surface area contributed by atoms with Gasteiger partial charge in [-0.2, -0.15) is 5.10 Å². The van der Waals surface area contributed by atoms with Gasteiger partial charge in [-0.15, -0.1) is 0 Å². The van der Waals surface area contributed by atoms with Crippen molar-refractivity contribution in [1.29, 1.82) is 0 Å². The van der Waals surface area contributed by atoms with E-state index in [0.717, 1.165) is 5.69 Å². The number of nitrogens with zero attached hydrogens (tertiary/aromatic N) is 2. The second-order valence-corrected chi connectivity index (χ2v) is 6.14. The zero-order valence-electron chi connectivity index (χ0n) is 10.4. The van der Waals surface area contributed by atoms with E-state index in [1.807, 2.05) is 0 Å². The average molecular weight is 277 g/mol. The first kappa shape index (κ1) is 14.9. The third-order valence-corrected chi connectivity index (χ3v) is 3.08. The van der Waals surface area contributed by atoms with Crippen molar-refractivity contribution in [2.75, 3.05) is 43.7 Å². The zero-order chi connectivity index (χ0) is 13.4. The molecule has 0 amide bonds. The van der Waals surface area contributed by atoms with Gasteiger partial charge in [-0.05, 0) is 0 Å². The van der Waals surface area contributed by atoms with Gasteiger partial charge >= 0.3 is 0 Å². The summed E-state index contributed by atoms with van der Waals surface area (Å²) in [5.74, 6) is 0.0950. The van der Waals surface area contributed by atoms with E-state index in [9.17, 15) is 8.42 Å². The molecule has 1 aromatic heterocycles. The lowest BCUT2D eigenvalue weighted by Gasteiger charge is -2.03. The molecular weight excluding hydrogens is 258 g/mol. The topological polar surface area (TPSA) is 93.5 Å². The van der Waals surface area contributed by atoms with Gasteiger partial charge in [0.25, 0.3) is 0 Å². The lowest BCUT2D eigenvalue weighted by molar-refractivity contribution is 0.0854. The van der Waals surface area contributed by atoms with Gasteiger partial charge < -0.3 is 15.2 Å². The highest BCUT2D eigenvalue weighted by Gasteiger charge is 2.02. The number of ether oxygens (including phenoxy) is 1. The maximum atomic E-state index is 10.9. The molecule has 0 spiro atoms. The normalized spacial score (nSPS) is 11.7. The Balaban J connectivity index is 2.26. The molecule has 0 aliphatic heterocycles. The van der Waals surface area contributed by atoms with Crippen molar-refractivity contribution >= 4 is 15.5 Å². The van der Waals surface area contributed by atoms with Crippen LogP contribution in [0.2, 0.25) is 0 Å². The van der Waals surface area contributed by atoms with Crippen molar-refractivity contribution in [3.63, 3.8) is 0 Å². The number of aliphatic hydroxyl groups excluding tert-OH is 1. The minimum atomic E-state index is -2.94. The Kier molecular flexibility index (Phi) is 6.10. The summed E-state index contributed by atoms with van der Waals surface area (Å²) in [4.78, 5) is 0. The van der Waals surface area contributed by atoms with Crippen LogP contribution in [-0.2, 0) is 21.1 Å². The highest BCUT2D eigenvalue weighted by molar-refractivity contribution is 7.90.